The van der Waals surface area contributed by atoms with Crippen LogP contribution in [0.3, 0.4) is 0 Å². The summed E-state index contributed by atoms with van der Waals surface area (Å²) in [4.78, 5) is 2.32. The zero-order valence-electron chi connectivity index (χ0n) is 11.1. The summed E-state index contributed by atoms with van der Waals surface area (Å²) in [7, 11) is 2.11. The Morgan fingerprint density at radius 3 is 2.32 bits per heavy atom. The van der Waals surface area contributed by atoms with E-state index in [0.717, 1.165) is 38.0 Å². The Morgan fingerprint density at radius 2 is 1.79 bits per heavy atom. The fourth-order valence-electron chi connectivity index (χ4n) is 2.43. The SMILES string of the molecule is CN(Cc1ccc(C(F)F)cc1)C1CCNCC1.Cl. The molecule has 0 bridgehead atoms. The van der Waals surface area contributed by atoms with Crippen molar-refractivity contribution in [1.82, 2.24) is 10.2 Å². The molecule has 2 rings (SSSR count). The van der Waals surface area contributed by atoms with Gasteiger partial charge in [-0.15, -0.1) is 12.4 Å². The molecular weight excluding hydrogens is 270 g/mol. The van der Waals surface area contributed by atoms with Crippen molar-refractivity contribution in [2.75, 3.05) is 20.1 Å². The van der Waals surface area contributed by atoms with Crippen molar-refractivity contribution >= 4 is 12.4 Å². The molecule has 0 saturated carbocycles. The third kappa shape index (κ3) is 4.71. The topological polar surface area (TPSA) is 15.3 Å². The maximum absolute atomic E-state index is 12.4. The number of alkyl halides is 2. The molecule has 0 aromatic heterocycles. The molecule has 108 valence electrons. The van der Waals surface area contributed by atoms with Gasteiger partial charge in [-0.05, 0) is 38.5 Å². The van der Waals surface area contributed by atoms with E-state index in [2.05, 4.69) is 17.3 Å². The molecule has 2 nitrogen and oxygen atoms in total. The normalized spacial score (nSPS) is 16.7. The summed E-state index contributed by atoms with van der Waals surface area (Å²) in [5.74, 6) is 0. The second-order valence-electron chi connectivity index (χ2n) is 4.94. The van der Waals surface area contributed by atoms with Crippen molar-refractivity contribution in [1.29, 1.82) is 0 Å². The van der Waals surface area contributed by atoms with Gasteiger partial charge in [0, 0.05) is 18.2 Å². The fraction of sp³-hybridized carbons (Fsp3) is 0.571. The highest BCUT2D eigenvalue weighted by molar-refractivity contribution is 5.85. The molecule has 1 heterocycles. The quantitative estimate of drug-likeness (QED) is 0.916. The Morgan fingerprint density at radius 1 is 1.21 bits per heavy atom. The highest BCUT2D eigenvalue weighted by Crippen LogP contribution is 2.20. The van der Waals surface area contributed by atoms with Crippen LogP contribution in [-0.4, -0.2) is 31.1 Å². The highest BCUT2D eigenvalue weighted by atomic mass is 35.5. The van der Waals surface area contributed by atoms with E-state index in [1.165, 1.54) is 12.1 Å². The first kappa shape index (κ1) is 16.3. The third-order valence-electron chi connectivity index (χ3n) is 3.60. The minimum absolute atomic E-state index is 0. The Balaban J connectivity index is 0.00000180. The Kier molecular flexibility index (Phi) is 6.69. The summed E-state index contributed by atoms with van der Waals surface area (Å²) in [6.07, 6.45) is -0.0572. The van der Waals surface area contributed by atoms with Gasteiger partial charge in [0.1, 0.15) is 0 Å². The maximum Gasteiger partial charge on any atom is 0.263 e. The minimum Gasteiger partial charge on any atom is -0.317 e. The lowest BCUT2D eigenvalue weighted by molar-refractivity contribution is 0.151. The lowest BCUT2D eigenvalue weighted by Crippen LogP contribution is -2.40. The molecule has 1 aliphatic heterocycles. The molecule has 0 spiro atoms. The van der Waals surface area contributed by atoms with Crippen LogP contribution in [0.5, 0.6) is 0 Å². The van der Waals surface area contributed by atoms with Crippen LogP contribution in [0.2, 0.25) is 0 Å². The van der Waals surface area contributed by atoms with E-state index in [1.807, 2.05) is 0 Å². The molecule has 1 aliphatic rings. The second kappa shape index (κ2) is 7.78. The van der Waals surface area contributed by atoms with Gasteiger partial charge in [0.05, 0.1) is 0 Å². The van der Waals surface area contributed by atoms with E-state index < -0.39 is 6.43 Å². The monoisotopic (exact) mass is 290 g/mol. The van der Waals surface area contributed by atoms with Gasteiger partial charge in [-0.3, -0.25) is 4.90 Å². The lowest BCUT2D eigenvalue weighted by Gasteiger charge is -2.31. The van der Waals surface area contributed by atoms with Crippen molar-refractivity contribution in [3.63, 3.8) is 0 Å². The summed E-state index contributed by atoms with van der Waals surface area (Å²) >= 11 is 0. The minimum atomic E-state index is -2.37. The van der Waals surface area contributed by atoms with E-state index in [-0.39, 0.29) is 18.0 Å². The van der Waals surface area contributed by atoms with E-state index in [9.17, 15) is 8.78 Å². The molecular formula is C14H21ClF2N2. The average Bonchev–Trinajstić information content (AvgIpc) is 2.40. The van der Waals surface area contributed by atoms with Crippen LogP contribution in [0.15, 0.2) is 24.3 Å². The first-order valence-corrected chi connectivity index (χ1v) is 6.45. The van der Waals surface area contributed by atoms with Gasteiger partial charge in [0.25, 0.3) is 6.43 Å². The van der Waals surface area contributed by atoms with Crippen molar-refractivity contribution in [3.05, 3.63) is 35.4 Å². The number of rotatable bonds is 4. The number of hydrogen-bond donors (Lipinski definition) is 1. The summed E-state index contributed by atoms with van der Waals surface area (Å²) in [5.41, 5.74) is 1.20. The van der Waals surface area contributed by atoms with Gasteiger partial charge < -0.3 is 5.32 Å². The molecule has 0 aliphatic carbocycles. The number of piperidine rings is 1. The molecule has 1 fully saturated rings. The van der Waals surface area contributed by atoms with Gasteiger partial charge >= 0.3 is 0 Å². The second-order valence-corrected chi connectivity index (χ2v) is 4.94. The van der Waals surface area contributed by atoms with Crippen LogP contribution in [0.1, 0.15) is 30.4 Å². The molecule has 0 radical (unpaired) electrons. The summed E-state index contributed by atoms with van der Waals surface area (Å²) in [6, 6.07) is 7.26. The molecule has 1 saturated heterocycles. The Bertz CT molecular complexity index is 364. The zero-order chi connectivity index (χ0) is 13.0. The first-order chi connectivity index (χ1) is 8.66. The predicted octanol–water partition coefficient (Wildman–Crippen LogP) is 3.23. The largest absolute Gasteiger partial charge is 0.317 e. The number of halogens is 3. The van der Waals surface area contributed by atoms with Gasteiger partial charge in [0.2, 0.25) is 0 Å². The van der Waals surface area contributed by atoms with Crippen LogP contribution in [0.4, 0.5) is 8.78 Å². The number of nitrogens with one attached hydrogen (secondary N) is 1. The van der Waals surface area contributed by atoms with E-state index in [4.69, 9.17) is 0 Å². The lowest BCUT2D eigenvalue weighted by atomic mass is 10.0. The van der Waals surface area contributed by atoms with Gasteiger partial charge in [0.15, 0.2) is 0 Å². The Labute approximate surface area is 119 Å². The van der Waals surface area contributed by atoms with Gasteiger partial charge in [-0.25, -0.2) is 8.78 Å². The van der Waals surface area contributed by atoms with Crippen LogP contribution in [-0.2, 0) is 6.54 Å². The Hall–Kier alpha value is -0.710. The molecule has 19 heavy (non-hydrogen) atoms. The average molecular weight is 291 g/mol. The molecule has 1 aromatic carbocycles. The maximum atomic E-state index is 12.4. The van der Waals surface area contributed by atoms with Gasteiger partial charge in [-0.1, -0.05) is 24.3 Å². The van der Waals surface area contributed by atoms with Crippen LogP contribution in [0, 0.1) is 0 Å². The van der Waals surface area contributed by atoms with Gasteiger partial charge in [-0.2, -0.15) is 0 Å². The molecule has 1 aromatic rings. The molecule has 0 atom stereocenters. The third-order valence-corrected chi connectivity index (χ3v) is 3.60. The summed E-state index contributed by atoms with van der Waals surface area (Å²) in [5, 5.41) is 3.34. The van der Waals surface area contributed by atoms with E-state index in [0.29, 0.717) is 6.04 Å². The number of nitrogens with zero attached hydrogens (tertiary/aromatic N) is 1. The zero-order valence-corrected chi connectivity index (χ0v) is 11.9. The standard InChI is InChI=1S/C14H20F2N2.ClH/c1-18(13-6-8-17-9-7-13)10-11-2-4-12(5-3-11)14(15)16;/h2-5,13-14,17H,6-10H2,1H3;1H. The van der Waals surface area contributed by atoms with Crippen molar-refractivity contribution in [2.24, 2.45) is 0 Å². The van der Waals surface area contributed by atoms with Crippen molar-refractivity contribution < 1.29 is 8.78 Å². The number of benzene rings is 1. The smallest absolute Gasteiger partial charge is 0.263 e. The summed E-state index contributed by atoms with van der Waals surface area (Å²) < 4.78 is 24.9. The van der Waals surface area contributed by atoms with Crippen molar-refractivity contribution in [3.8, 4) is 0 Å². The molecule has 0 amide bonds. The molecule has 0 unspecified atom stereocenters. The van der Waals surface area contributed by atoms with Crippen LogP contribution in [0.25, 0.3) is 0 Å². The van der Waals surface area contributed by atoms with E-state index >= 15 is 0 Å². The van der Waals surface area contributed by atoms with Crippen LogP contribution >= 0.6 is 12.4 Å². The highest BCUT2D eigenvalue weighted by Gasteiger charge is 2.17. The first-order valence-electron chi connectivity index (χ1n) is 6.45. The predicted molar refractivity (Wildman–Crippen MR) is 76.0 cm³/mol. The number of hydrogen-bond acceptors (Lipinski definition) is 2. The molecule has 1 N–H and O–H groups in total. The van der Waals surface area contributed by atoms with E-state index in [1.54, 1.807) is 12.1 Å². The van der Waals surface area contributed by atoms with Crippen molar-refractivity contribution in [2.45, 2.75) is 31.9 Å². The van der Waals surface area contributed by atoms with Crippen LogP contribution < -0.4 is 5.32 Å². The fourth-order valence-corrected chi connectivity index (χ4v) is 2.43. The summed E-state index contributed by atoms with van der Waals surface area (Å²) in [6.45, 7) is 2.97. The molecule has 5 heteroatoms.